The molecule has 0 bridgehead atoms. The average molecular weight is 455 g/mol. The highest BCUT2D eigenvalue weighted by molar-refractivity contribution is 6.42. The van der Waals surface area contributed by atoms with E-state index in [1.807, 2.05) is 12.1 Å². The molecule has 1 aromatic heterocycles. The number of halogens is 2. The van der Waals surface area contributed by atoms with Gasteiger partial charge < -0.3 is 4.42 Å². The van der Waals surface area contributed by atoms with Crippen molar-refractivity contribution in [2.75, 3.05) is 0 Å². The third-order valence-electron chi connectivity index (χ3n) is 5.53. The van der Waals surface area contributed by atoms with Gasteiger partial charge in [-0.2, -0.15) is 5.10 Å². The summed E-state index contributed by atoms with van der Waals surface area (Å²) in [5.74, 6) is 1.33. The Kier molecular flexibility index (Phi) is 5.96. The van der Waals surface area contributed by atoms with Crippen LogP contribution in [0.1, 0.15) is 50.0 Å². The number of rotatable bonds is 5. The Morgan fingerprint density at radius 3 is 2.48 bits per heavy atom. The van der Waals surface area contributed by atoms with Crippen LogP contribution >= 0.6 is 23.2 Å². The smallest absolute Gasteiger partial charge is 0.243 e. The Labute approximate surface area is 192 Å². The van der Waals surface area contributed by atoms with Crippen LogP contribution in [0.15, 0.2) is 64.1 Å². The molecule has 6 heteroatoms. The molecule has 0 aliphatic heterocycles. The lowest BCUT2D eigenvalue weighted by atomic mass is 9.86. The van der Waals surface area contributed by atoms with Crippen LogP contribution in [0.4, 0.5) is 0 Å². The summed E-state index contributed by atoms with van der Waals surface area (Å²) in [5.41, 5.74) is 6.06. The van der Waals surface area contributed by atoms with E-state index in [9.17, 15) is 4.79 Å². The molecule has 31 heavy (non-hydrogen) atoms. The van der Waals surface area contributed by atoms with Gasteiger partial charge in [0.25, 0.3) is 0 Å². The SMILES string of the molecule is CC(C)(C)c1ccc([C@H]2C[C@H]2C(=O)NN=Cc2ccc(-c3ccc(Cl)c(Cl)c3)o2)cc1. The van der Waals surface area contributed by atoms with Crippen LogP contribution in [0.25, 0.3) is 11.3 Å². The first kappa shape index (κ1) is 21.7. The van der Waals surface area contributed by atoms with Crippen LogP contribution in [-0.4, -0.2) is 12.1 Å². The number of benzene rings is 2. The number of carbonyl (C=O) groups excluding carboxylic acids is 1. The Morgan fingerprint density at radius 1 is 1.06 bits per heavy atom. The van der Waals surface area contributed by atoms with Gasteiger partial charge in [0, 0.05) is 11.5 Å². The van der Waals surface area contributed by atoms with Gasteiger partial charge in [-0.05, 0) is 59.2 Å². The predicted molar refractivity (Wildman–Crippen MR) is 126 cm³/mol. The summed E-state index contributed by atoms with van der Waals surface area (Å²) in [4.78, 5) is 12.4. The number of hydrogen-bond acceptors (Lipinski definition) is 3. The molecule has 2 aromatic carbocycles. The van der Waals surface area contributed by atoms with Gasteiger partial charge >= 0.3 is 0 Å². The number of carbonyl (C=O) groups is 1. The van der Waals surface area contributed by atoms with E-state index in [0.29, 0.717) is 21.6 Å². The summed E-state index contributed by atoms with van der Waals surface area (Å²) in [6, 6.07) is 17.5. The molecule has 160 valence electrons. The first-order valence-electron chi connectivity index (χ1n) is 10.2. The maximum Gasteiger partial charge on any atom is 0.243 e. The van der Waals surface area contributed by atoms with Gasteiger partial charge in [0.1, 0.15) is 11.5 Å². The highest BCUT2D eigenvalue weighted by atomic mass is 35.5. The van der Waals surface area contributed by atoms with Gasteiger partial charge in [-0.3, -0.25) is 4.79 Å². The molecule has 1 amide bonds. The Morgan fingerprint density at radius 2 is 1.81 bits per heavy atom. The molecule has 4 rings (SSSR count). The van der Waals surface area contributed by atoms with Crippen molar-refractivity contribution < 1.29 is 9.21 Å². The van der Waals surface area contributed by atoms with Crippen LogP contribution in [0.3, 0.4) is 0 Å². The Hall–Kier alpha value is -2.56. The zero-order valence-corrected chi connectivity index (χ0v) is 19.2. The highest BCUT2D eigenvalue weighted by Gasteiger charge is 2.44. The first-order chi connectivity index (χ1) is 14.7. The maximum atomic E-state index is 12.4. The van der Waals surface area contributed by atoms with Crippen LogP contribution in [0.2, 0.25) is 10.0 Å². The minimum Gasteiger partial charge on any atom is -0.455 e. The molecule has 1 heterocycles. The molecule has 1 aliphatic carbocycles. The third kappa shape index (κ3) is 5.03. The number of nitrogens with zero attached hydrogens (tertiary/aromatic N) is 1. The van der Waals surface area contributed by atoms with E-state index < -0.39 is 0 Å². The molecule has 0 saturated heterocycles. The molecule has 1 saturated carbocycles. The lowest BCUT2D eigenvalue weighted by molar-refractivity contribution is -0.122. The quantitative estimate of drug-likeness (QED) is 0.340. The van der Waals surface area contributed by atoms with Crippen LogP contribution in [0.5, 0.6) is 0 Å². The predicted octanol–water partition coefficient (Wildman–Crippen LogP) is 6.80. The van der Waals surface area contributed by atoms with Gasteiger partial charge in [0.05, 0.1) is 16.3 Å². The van der Waals surface area contributed by atoms with E-state index >= 15 is 0 Å². The van der Waals surface area contributed by atoms with Crippen molar-refractivity contribution in [3.8, 4) is 11.3 Å². The molecule has 1 fully saturated rings. The number of furan rings is 1. The minimum atomic E-state index is -0.0718. The van der Waals surface area contributed by atoms with Crippen molar-refractivity contribution in [2.45, 2.75) is 38.5 Å². The molecule has 0 spiro atoms. The minimum absolute atomic E-state index is 0.0407. The monoisotopic (exact) mass is 454 g/mol. The summed E-state index contributed by atoms with van der Waals surface area (Å²) in [5, 5.41) is 5.00. The molecule has 2 atom stereocenters. The van der Waals surface area contributed by atoms with Crippen molar-refractivity contribution in [1.29, 1.82) is 0 Å². The molecule has 0 radical (unpaired) electrons. The number of hydrogen-bond donors (Lipinski definition) is 1. The average Bonchev–Trinajstić information content (AvgIpc) is 3.40. The summed E-state index contributed by atoms with van der Waals surface area (Å²) < 4.78 is 5.75. The lowest BCUT2D eigenvalue weighted by Crippen LogP contribution is -2.20. The van der Waals surface area contributed by atoms with E-state index in [2.05, 4.69) is 55.6 Å². The second-order valence-corrected chi connectivity index (χ2v) is 9.70. The van der Waals surface area contributed by atoms with E-state index in [4.69, 9.17) is 27.6 Å². The summed E-state index contributed by atoms with van der Waals surface area (Å²) >= 11 is 12.0. The van der Waals surface area contributed by atoms with Crippen molar-refractivity contribution in [1.82, 2.24) is 5.43 Å². The van der Waals surface area contributed by atoms with Gasteiger partial charge in [-0.15, -0.1) is 0 Å². The topological polar surface area (TPSA) is 54.6 Å². The molecule has 3 aromatic rings. The van der Waals surface area contributed by atoms with Gasteiger partial charge in [-0.25, -0.2) is 5.43 Å². The fraction of sp³-hybridized carbons (Fsp3) is 0.280. The van der Waals surface area contributed by atoms with E-state index in [-0.39, 0.29) is 23.2 Å². The molecule has 1 N–H and O–H groups in total. The van der Waals surface area contributed by atoms with Gasteiger partial charge in [0.15, 0.2) is 0 Å². The second kappa shape index (κ2) is 8.52. The highest BCUT2D eigenvalue weighted by Crippen LogP contribution is 2.47. The Bertz CT molecular complexity index is 1130. The summed E-state index contributed by atoms with van der Waals surface area (Å²) in [6.07, 6.45) is 2.34. The van der Waals surface area contributed by atoms with E-state index in [1.165, 1.54) is 17.3 Å². The summed E-state index contributed by atoms with van der Waals surface area (Å²) in [7, 11) is 0. The molecule has 1 aliphatic rings. The normalized spacial score (nSPS) is 18.4. The number of hydrazone groups is 1. The first-order valence-corrected chi connectivity index (χ1v) is 11.0. The number of nitrogens with one attached hydrogen (secondary N) is 1. The molecular formula is C25H24Cl2N2O2. The molecular weight excluding hydrogens is 431 g/mol. The maximum absolute atomic E-state index is 12.4. The van der Waals surface area contributed by atoms with Crippen molar-refractivity contribution >= 4 is 35.3 Å². The van der Waals surface area contributed by atoms with Crippen molar-refractivity contribution in [2.24, 2.45) is 11.0 Å². The largest absolute Gasteiger partial charge is 0.455 e. The van der Waals surface area contributed by atoms with Crippen molar-refractivity contribution in [3.63, 3.8) is 0 Å². The van der Waals surface area contributed by atoms with Crippen LogP contribution in [-0.2, 0) is 10.2 Å². The third-order valence-corrected chi connectivity index (χ3v) is 6.27. The zero-order chi connectivity index (χ0) is 22.2. The molecule has 4 nitrogen and oxygen atoms in total. The fourth-order valence-corrected chi connectivity index (χ4v) is 3.85. The van der Waals surface area contributed by atoms with E-state index in [1.54, 1.807) is 18.2 Å². The standard InChI is InChI=1S/C25H24Cl2N2O2/c1-25(2,3)17-7-4-15(5-8-17)19-13-20(19)24(30)29-28-14-18-9-11-23(31-18)16-6-10-21(26)22(27)12-16/h4-12,14,19-20H,13H2,1-3H3,(H,29,30)/t19-,20-/m1/s1. The van der Waals surface area contributed by atoms with Gasteiger partial charge in [-0.1, -0.05) is 68.2 Å². The number of amides is 1. The Balaban J connectivity index is 1.32. The zero-order valence-electron chi connectivity index (χ0n) is 17.7. The molecule has 0 unspecified atom stereocenters. The van der Waals surface area contributed by atoms with Crippen LogP contribution < -0.4 is 5.43 Å². The van der Waals surface area contributed by atoms with Crippen LogP contribution in [0, 0.1) is 5.92 Å². The van der Waals surface area contributed by atoms with E-state index in [0.717, 1.165) is 12.0 Å². The lowest BCUT2D eigenvalue weighted by Gasteiger charge is -2.19. The van der Waals surface area contributed by atoms with Gasteiger partial charge in [0.2, 0.25) is 5.91 Å². The second-order valence-electron chi connectivity index (χ2n) is 8.89. The summed E-state index contributed by atoms with van der Waals surface area (Å²) in [6.45, 7) is 6.58. The fourth-order valence-electron chi connectivity index (χ4n) is 3.55. The van der Waals surface area contributed by atoms with Crippen molar-refractivity contribution in [3.05, 3.63) is 81.5 Å².